The fraction of sp³-hybridized carbons (Fsp3) is 0.0196. The van der Waals surface area contributed by atoms with Crippen molar-refractivity contribution in [1.82, 2.24) is 0 Å². The van der Waals surface area contributed by atoms with Crippen molar-refractivity contribution < 1.29 is 4.74 Å². The van der Waals surface area contributed by atoms with Gasteiger partial charge in [0, 0.05) is 16.8 Å². The second-order valence-electron chi connectivity index (χ2n) is 12.9. The summed E-state index contributed by atoms with van der Waals surface area (Å²) in [5, 5.41) is 2.35. The summed E-state index contributed by atoms with van der Waals surface area (Å²) in [4.78, 5) is 2.34. The van der Waals surface area contributed by atoms with E-state index in [1.54, 1.807) is 7.11 Å². The zero-order valence-corrected chi connectivity index (χ0v) is 29.6. The molecule has 2 nitrogen and oxygen atoms in total. The van der Waals surface area contributed by atoms with Crippen molar-refractivity contribution in [2.45, 2.75) is 0 Å². The van der Waals surface area contributed by atoms with Gasteiger partial charge in [0.15, 0.2) is 0 Å². The summed E-state index contributed by atoms with van der Waals surface area (Å²) in [6.45, 7) is 0. The van der Waals surface area contributed by atoms with E-state index in [1.807, 2.05) is 12.1 Å². The highest BCUT2D eigenvalue weighted by molar-refractivity contribution is 6.06. The predicted molar refractivity (Wildman–Crippen MR) is 225 cm³/mol. The maximum absolute atomic E-state index is 5.55. The largest absolute Gasteiger partial charge is 0.497 e. The van der Waals surface area contributed by atoms with Crippen LogP contribution in [-0.4, -0.2) is 7.11 Å². The zero-order valence-electron chi connectivity index (χ0n) is 29.6. The van der Waals surface area contributed by atoms with Crippen molar-refractivity contribution in [2.24, 2.45) is 0 Å². The lowest BCUT2D eigenvalue weighted by Crippen LogP contribution is -2.10. The summed E-state index contributed by atoms with van der Waals surface area (Å²) in [6, 6.07) is 72.8. The first-order chi connectivity index (χ1) is 26.2. The van der Waals surface area contributed by atoms with Gasteiger partial charge in [0.25, 0.3) is 0 Å². The van der Waals surface area contributed by atoms with Gasteiger partial charge in [-0.2, -0.15) is 0 Å². The molecule has 254 valence electrons. The first kappa shape index (κ1) is 33.3. The van der Waals surface area contributed by atoms with Crippen molar-refractivity contribution in [3.8, 4) is 5.75 Å². The molecule has 0 N–H and O–H groups in total. The van der Waals surface area contributed by atoms with Gasteiger partial charge in [-0.1, -0.05) is 164 Å². The molecule has 8 rings (SSSR count). The van der Waals surface area contributed by atoms with Gasteiger partial charge in [0.1, 0.15) is 5.75 Å². The normalized spacial score (nSPS) is 10.7. The third kappa shape index (κ3) is 7.30. The van der Waals surface area contributed by atoms with E-state index >= 15 is 0 Å². The Hall–Kier alpha value is -6.90. The maximum atomic E-state index is 5.55. The van der Waals surface area contributed by atoms with Crippen LogP contribution in [0.3, 0.4) is 0 Å². The number of rotatable bonds is 10. The van der Waals surface area contributed by atoms with Crippen LogP contribution < -0.4 is 9.64 Å². The lowest BCUT2D eigenvalue weighted by molar-refractivity contribution is 0.415. The Morgan fingerprint density at radius 2 is 0.811 bits per heavy atom. The minimum atomic E-state index is 0.822. The average Bonchev–Trinajstić information content (AvgIpc) is 3.24. The number of methoxy groups -OCH3 is 1. The molecule has 8 aromatic carbocycles. The quantitative estimate of drug-likeness (QED) is 0.133. The van der Waals surface area contributed by atoms with Gasteiger partial charge in [-0.15, -0.1) is 0 Å². The van der Waals surface area contributed by atoms with Crippen LogP contribution in [0.1, 0.15) is 33.4 Å². The lowest BCUT2D eigenvalue weighted by Gasteiger charge is -2.27. The molecule has 0 aromatic heterocycles. The second kappa shape index (κ2) is 15.6. The second-order valence-corrected chi connectivity index (χ2v) is 12.9. The van der Waals surface area contributed by atoms with Crippen molar-refractivity contribution in [1.29, 1.82) is 0 Å². The molecule has 0 heterocycles. The topological polar surface area (TPSA) is 12.5 Å². The Morgan fingerprint density at radius 1 is 0.396 bits per heavy atom. The minimum Gasteiger partial charge on any atom is -0.497 e. The Bertz CT molecular complexity index is 2400. The number of anilines is 3. The smallest absolute Gasteiger partial charge is 0.119 e. The van der Waals surface area contributed by atoms with Crippen LogP contribution >= 0.6 is 0 Å². The van der Waals surface area contributed by atoms with Crippen LogP contribution in [-0.2, 0) is 0 Å². The molecular weight excluding hydrogens is 643 g/mol. The predicted octanol–water partition coefficient (Wildman–Crippen LogP) is 13.5. The molecule has 0 aliphatic rings. The van der Waals surface area contributed by atoms with Crippen molar-refractivity contribution in [3.63, 3.8) is 0 Å². The summed E-state index contributed by atoms with van der Waals surface area (Å²) in [6.07, 6.45) is 4.60. The summed E-state index contributed by atoms with van der Waals surface area (Å²) in [5.74, 6) is 0.822. The first-order valence-electron chi connectivity index (χ1n) is 18.0. The van der Waals surface area contributed by atoms with Crippen LogP contribution in [0.4, 0.5) is 17.1 Å². The number of nitrogens with zero attached hydrogens (tertiary/aromatic N) is 1. The van der Waals surface area contributed by atoms with E-state index in [0.717, 1.165) is 39.3 Å². The van der Waals surface area contributed by atoms with Gasteiger partial charge in [0.05, 0.1) is 12.8 Å². The molecule has 8 aromatic rings. The lowest BCUT2D eigenvalue weighted by atomic mass is 9.93. The van der Waals surface area contributed by atoms with Crippen LogP contribution in [0, 0.1) is 0 Å². The Kier molecular flexibility index (Phi) is 9.76. The molecule has 0 aliphatic carbocycles. The highest BCUT2D eigenvalue weighted by atomic mass is 16.5. The molecule has 0 aliphatic heterocycles. The van der Waals surface area contributed by atoms with E-state index in [4.69, 9.17) is 4.74 Å². The average molecular weight is 682 g/mol. The maximum Gasteiger partial charge on any atom is 0.119 e. The van der Waals surface area contributed by atoms with Crippen molar-refractivity contribution >= 4 is 51.1 Å². The number of hydrogen-bond acceptors (Lipinski definition) is 2. The third-order valence-corrected chi connectivity index (χ3v) is 9.61. The van der Waals surface area contributed by atoms with Gasteiger partial charge < -0.3 is 9.64 Å². The third-order valence-electron chi connectivity index (χ3n) is 9.61. The van der Waals surface area contributed by atoms with E-state index in [9.17, 15) is 0 Å². The Balaban J connectivity index is 1.25. The highest BCUT2D eigenvalue weighted by Crippen LogP contribution is 2.41. The van der Waals surface area contributed by atoms with Crippen LogP contribution in [0.2, 0.25) is 0 Å². The fourth-order valence-corrected chi connectivity index (χ4v) is 6.97. The minimum absolute atomic E-state index is 0.822. The Labute approximate surface area is 312 Å². The molecule has 0 radical (unpaired) electrons. The molecule has 53 heavy (non-hydrogen) atoms. The number of hydrogen-bond donors (Lipinski definition) is 0. The first-order valence-corrected chi connectivity index (χ1v) is 18.0. The van der Waals surface area contributed by atoms with Crippen LogP contribution in [0.25, 0.3) is 34.1 Å². The highest BCUT2D eigenvalue weighted by Gasteiger charge is 2.17. The molecule has 0 atom stereocenters. The van der Waals surface area contributed by atoms with Gasteiger partial charge in [-0.05, 0) is 105 Å². The number of benzene rings is 8. The summed E-state index contributed by atoms with van der Waals surface area (Å²) in [5.41, 5.74) is 12.6. The summed E-state index contributed by atoms with van der Waals surface area (Å²) in [7, 11) is 1.71. The molecule has 0 unspecified atom stereocenters. The SMILES string of the molecule is COc1ccc(N(c2ccc(C=C(c3ccccc3)c3ccccc3)cc2)c2ccc(C=C(c3ccccc3)c3ccccc3)c3ccccc23)cc1. The molecule has 0 bridgehead atoms. The molecule has 0 fully saturated rings. The van der Waals surface area contributed by atoms with Gasteiger partial charge in [0.2, 0.25) is 0 Å². The monoisotopic (exact) mass is 681 g/mol. The Morgan fingerprint density at radius 3 is 1.28 bits per heavy atom. The molecular formula is C51H39NO. The number of fused-ring (bicyclic) bond motifs is 1. The number of ether oxygens (including phenoxy) is 1. The van der Waals surface area contributed by atoms with Gasteiger partial charge in [-0.25, -0.2) is 0 Å². The molecule has 0 saturated heterocycles. The molecule has 0 amide bonds. The molecule has 0 spiro atoms. The standard InChI is InChI=1S/C51H39NO/c1-53-46-33-31-45(32-34-46)52(44-29-26-38(27-30-44)36-49(39-16-6-2-7-17-39)40-18-8-3-9-19-40)51-35-28-43(47-24-14-15-25-48(47)51)37-50(41-20-10-4-11-21-41)42-22-12-5-13-23-42/h2-37H,1H3. The zero-order chi connectivity index (χ0) is 35.8. The van der Waals surface area contributed by atoms with E-state index in [-0.39, 0.29) is 0 Å². The molecule has 2 heteroatoms. The van der Waals surface area contributed by atoms with E-state index in [2.05, 4.69) is 211 Å². The van der Waals surface area contributed by atoms with Gasteiger partial charge >= 0.3 is 0 Å². The van der Waals surface area contributed by atoms with Crippen LogP contribution in [0.15, 0.2) is 206 Å². The van der Waals surface area contributed by atoms with Crippen molar-refractivity contribution in [2.75, 3.05) is 12.0 Å². The summed E-state index contributed by atoms with van der Waals surface area (Å²) >= 11 is 0. The summed E-state index contributed by atoms with van der Waals surface area (Å²) < 4.78 is 5.55. The van der Waals surface area contributed by atoms with E-state index in [1.165, 1.54) is 38.8 Å². The van der Waals surface area contributed by atoms with E-state index in [0.29, 0.717) is 0 Å². The van der Waals surface area contributed by atoms with Crippen molar-refractivity contribution in [3.05, 3.63) is 240 Å². The van der Waals surface area contributed by atoms with Gasteiger partial charge in [-0.3, -0.25) is 0 Å². The van der Waals surface area contributed by atoms with E-state index < -0.39 is 0 Å². The molecule has 0 saturated carbocycles. The fourth-order valence-electron chi connectivity index (χ4n) is 6.97. The van der Waals surface area contributed by atoms with Crippen LogP contribution in [0.5, 0.6) is 5.75 Å².